The summed E-state index contributed by atoms with van der Waals surface area (Å²) in [5.41, 5.74) is -0.177. The Morgan fingerprint density at radius 1 is 1.19 bits per heavy atom. The Morgan fingerprint density at radius 3 is 2.38 bits per heavy atom. The van der Waals surface area contributed by atoms with Crippen molar-refractivity contribution in [2.24, 2.45) is 0 Å². The third kappa shape index (κ3) is 4.38. The molecule has 0 bridgehead atoms. The van der Waals surface area contributed by atoms with E-state index >= 15 is 0 Å². The zero-order valence-electron chi connectivity index (χ0n) is 13.9. The van der Waals surface area contributed by atoms with Crippen molar-refractivity contribution in [3.05, 3.63) is 63.7 Å². The molecule has 0 heterocycles. The normalized spacial score (nSPS) is 11.8. The van der Waals surface area contributed by atoms with Gasteiger partial charge >= 0.3 is 5.97 Å². The zero-order chi connectivity index (χ0) is 19.6. The van der Waals surface area contributed by atoms with Crippen LogP contribution in [0.25, 0.3) is 0 Å². The first-order valence-electron chi connectivity index (χ1n) is 7.53. The SMILES string of the molecule is CC(C)c1cc(F)c(C(=O)O)cc1S(=O)(=O)NCc1ccc(F)c(Cl)c1. The molecule has 2 rings (SSSR count). The summed E-state index contributed by atoms with van der Waals surface area (Å²) < 4.78 is 54.7. The van der Waals surface area contributed by atoms with Gasteiger partial charge in [0.1, 0.15) is 11.6 Å². The Kier molecular flexibility index (Phi) is 6.00. The number of carboxylic acids is 1. The summed E-state index contributed by atoms with van der Waals surface area (Å²) in [6.45, 7) is 3.13. The van der Waals surface area contributed by atoms with Crippen LogP contribution in [0.3, 0.4) is 0 Å². The molecule has 0 aromatic heterocycles. The van der Waals surface area contributed by atoms with Gasteiger partial charge in [-0.2, -0.15) is 0 Å². The van der Waals surface area contributed by atoms with E-state index < -0.39 is 33.2 Å². The predicted molar refractivity (Wildman–Crippen MR) is 92.9 cm³/mol. The fourth-order valence-electron chi connectivity index (χ4n) is 2.32. The lowest BCUT2D eigenvalue weighted by atomic mass is 10.0. The third-order valence-corrected chi connectivity index (χ3v) is 5.44. The van der Waals surface area contributed by atoms with Crippen LogP contribution in [0.2, 0.25) is 5.02 Å². The first kappa shape index (κ1) is 20.3. The maximum absolute atomic E-state index is 13.9. The van der Waals surface area contributed by atoms with Crippen molar-refractivity contribution >= 4 is 27.6 Å². The number of hydrogen-bond donors (Lipinski definition) is 2. The number of carboxylic acid groups (broad SMARTS) is 1. The topological polar surface area (TPSA) is 83.5 Å². The van der Waals surface area contributed by atoms with Crippen LogP contribution in [-0.2, 0) is 16.6 Å². The molecule has 0 saturated heterocycles. The molecule has 0 atom stereocenters. The van der Waals surface area contributed by atoms with Crippen molar-refractivity contribution in [2.45, 2.75) is 31.2 Å². The second-order valence-corrected chi connectivity index (χ2v) is 8.05. The monoisotopic (exact) mass is 403 g/mol. The molecule has 2 aromatic carbocycles. The Bertz CT molecular complexity index is 961. The van der Waals surface area contributed by atoms with Gasteiger partial charge in [-0.15, -0.1) is 0 Å². The first-order chi connectivity index (χ1) is 12.0. The Labute approximate surface area is 154 Å². The maximum atomic E-state index is 13.9. The van der Waals surface area contributed by atoms with Crippen molar-refractivity contribution in [3.63, 3.8) is 0 Å². The van der Waals surface area contributed by atoms with Gasteiger partial charge in [-0.25, -0.2) is 26.7 Å². The molecular formula is C17H16ClF2NO4S. The fourth-order valence-corrected chi connectivity index (χ4v) is 3.92. The molecule has 9 heteroatoms. The van der Waals surface area contributed by atoms with Crippen molar-refractivity contribution < 1.29 is 27.1 Å². The summed E-state index contributed by atoms with van der Waals surface area (Å²) in [5, 5.41) is 8.89. The van der Waals surface area contributed by atoms with E-state index in [1.54, 1.807) is 13.8 Å². The van der Waals surface area contributed by atoms with Gasteiger partial charge in [0.25, 0.3) is 0 Å². The summed E-state index contributed by atoms with van der Waals surface area (Å²) in [5.74, 6) is -3.57. The molecule has 0 aliphatic heterocycles. The number of halogens is 3. The standard InChI is InChI=1S/C17H16ClF2NO4S/c1-9(2)11-6-15(20)12(17(22)23)7-16(11)26(24,25)21-8-10-3-4-14(19)13(18)5-10/h3-7,9,21H,8H2,1-2H3,(H,22,23). The lowest BCUT2D eigenvalue weighted by Gasteiger charge is -2.15. The maximum Gasteiger partial charge on any atom is 0.338 e. The highest BCUT2D eigenvalue weighted by Gasteiger charge is 2.25. The lowest BCUT2D eigenvalue weighted by molar-refractivity contribution is 0.0691. The summed E-state index contributed by atoms with van der Waals surface area (Å²) >= 11 is 5.66. The number of nitrogens with one attached hydrogen (secondary N) is 1. The zero-order valence-corrected chi connectivity index (χ0v) is 15.5. The molecule has 5 nitrogen and oxygen atoms in total. The summed E-state index contributed by atoms with van der Waals surface area (Å²) in [6.07, 6.45) is 0. The van der Waals surface area contributed by atoms with E-state index in [9.17, 15) is 22.0 Å². The van der Waals surface area contributed by atoms with Crippen LogP contribution in [0, 0.1) is 11.6 Å². The van der Waals surface area contributed by atoms with Crippen molar-refractivity contribution in [2.75, 3.05) is 0 Å². The largest absolute Gasteiger partial charge is 0.478 e. The molecular weight excluding hydrogens is 388 g/mol. The number of hydrogen-bond acceptors (Lipinski definition) is 3. The highest BCUT2D eigenvalue weighted by Crippen LogP contribution is 2.27. The van der Waals surface area contributed by atoms with Gasteiger partial charge in [0.15, 0.2) is 0 Å². The summed E-state index contributed by atoms with van der Waals surface area (Å²) in [7, 11) is -4.15. The minimum Gasteiger partial charge on any atom is -0.478 e. The molecule has 0 fully saturated rings. The Balaban J connectivity index is 2.42. The average Bonchev–Trinajstić information content (AvgIpc) is 2.55. The van der Waals surface area contributed by atoms with Crippen LogP contribution in [0.1, 0.15) is 41.3 Å². The Hall–Kier alpha value is -2.03. The van der Waals surface area contributed by atoms with E-state index in [0.717, 1.165) is 18.2 Å². The highest BCUT2D eigenvalue weighted by atomic mass is 35.5. The molecule has 0 unspecified atom stereocenters. The van der Waals surface area contributed by atoms with E-state index in [4.69, 9.17) is 16.7 Å². The van der Waals surface area contributed by atoms with Crippen LogP contribution >= 0.6 is 11.6 Å². The molecule has 0 aliphatic carbocycles. The van der Waals surface area contributed by atoms with E-state index in [-0.39, 0.29) is 27.9 Å². The summed E-state index contributed by atoms with van der Waals surface area (Å²) in [6, 6.07) is 5.45. The minimum absolute atomic E-state index is 0.150. The molecule has 0 saturated carbocycles. The quantitative estimate of drug-likeness (QED) is 0.765. The van der Waals surface area contributed by atoms with E-state index in [1.807, 2.05) is 0 Å². The van der Waals surface area contributed by atoms with Gasteiger partial charge in [0.2, 0.25) is 10.0 Å². The van der Waals surface area contributed by atoms with Gasteiger partial charge in [0.05, 0.1) is 15.5 Å². The van der Waals surface area contributed by atoms with E-state index in [0.29, 0.717) is 5.56 Å². The van der Waals surface area contributed by atoms with Gasteiger partial charge < -0.3 is 5.11 Å². The van der Waals surface area contributed by atoms with Crippen LogP contribution in [0.4, 0.5) is 8.78 Å². The van der Waals surface area contributed by atoms with E-state index in [1.165, 1.54) is 12.1 Å². The molecule has 2 N–H and O–H groups in total. The van der Waals surface area contributed by atoms with Gasteiger partial charge in [0, 0.05) is 6.54 Å². The van der Waals surface area contributed by atoms with Gasteiger partial charge in [-0.1, -0.05) is 31.5 Å². The molecule has 0 spiro atoms. The number of rotatable bonds is 6. The number of aromatic carboxylic acids is 1. The molecule has 2 aromatic rings. The third-order valence-electron chi connectivity index (χ3n) is 3.69. The fraction of sp³-hybridized carbons (Fsp3) is 0.235. The second kappa shape index (κ2) is 7.69. The van der Waals surface area contributed by atoms with Crippen molar-refractivity contribution in [1.29, 1.82) is 0 Å². The number of sulfonamides is 1. The van der Waals surface area contributed by atoms with Crippen LogP contribution < -0.4 is 4.72 Å². The molecule has 0 radical (unpaired) electrons. The van der Waals surface area contributed by atoms with Gasteiger partial charge in [-0.05, 0) is 41.3 Å². The van der Waals surface area contributed by atoms with Crippen molar-refractivity contribution in [1.82, 2.24) is 4.72 Å². The first-order valence-corrected chi connectivity index (χ1v) is 9.39. The van der Waals surface area contributed by atoms with E-state index in [2.05, 4.69) is 4.72 Å². The Morgan fingerprint density at radius 2 is 1.85 bits per heavy atom. The highest BCUT2D eigenvalue weighted by molar-refractivity contribution is 7.89. The van der Waals surface area contributed by atoms with Crippen LogP contribution in [0.15, 0.2) is 35.2 Å². The molecule has 140 valence electrons. The average molecular weight is 404 g/mol. The van der Waals surface area contributed by atoms with Crippen molar-refractivity contribution in [3.8, 4) is 0 Å². The number of carbonyl (C=O) groups is 1. The van der Waals surface area contributed by atoms with Crippen LogP contribution in [-0.4, -0.2) is 19.5 Å². The minimum atomic E-state index is -4.15. The molecule has 26 heavy (non-hydrogen) atoms. The van der Waals surface area contributed by atoms with Gasteiger partial charge in [-0.3, -0.25) is 0 Å². The van der Waals surface area contributed by atoms with Crippen LogP contribution in [0.5, 0.6) is 0 Å². The second-order valence-electron chi connectivity index (χ2n) is 5.90. The molecule has 0 aliphatic rings. The number of benzene rings is 2. The summed E-state index contributed by atoms with van der Waals surface area (Å²) in [4.78, 5) is 10.8. The predicted octanol–water partition coefficient (Wildman–Crippen LogP) is 3.92. The lowest BCUT2D eigenvalue weighted by Crippen LogP contribution is -2.25. The molecule has 0 amide bonds. The smallest absolute Gasteiger partial charge is 0.338 e.